The van der Waals surface area contributed by atoms with Gasteiger partial charge in [0.15, 0.2) is 16.2 Å². The molecule has 0 aliphatic heterocycles. The van der Waals surface area contributed by atoms with Crippen LogP contribution in [0.5, 0.6) is 0 Å². The van der Waals surface area contributed by atoms with Crippen LogP contribution in [-0.2, 0) is 23.4 Å². The van der Waals surface area contributed by atoms with Crippen LogP contribution in [0.4, 0.5) is 9.93 Å². The summed E-state index contributed by atoms with van der Waals surface area (Å²) in [6, 6.07) is 6.60. The first-order valence-electron chi connectivity index (χ1n) is 7.04. The number of amides is 2. The minimum atomic E-state index is -1.87. The lowest BCUT2D eigenvalue weighted by Gasteiger charge is -2.17. The zero-order chi connectivity index (χ0) is 17.0. The van der Waals surface area contributed by atoms with Gasteiger partial charge in [0.2, 0.25) is 0 Å². The number of hydrogen-bond acceptors (Lipinski definition) is 4. The quantitative estimate of drug-likeness (QED) is 0.780. The van der Waals surface area contributed by atoms with Gasteiger partial charge in [0, 0.05) is 11.1 Å². The summed E-state index contributed by atoms with van der Waals surface area (Å²) in [5.74, 6) is 0.430. The van der Waals surface area contributed by atoms with E-state index in [4.69, 9.17) is 10.3 Å². The fraction of sp³-hybridized carbons (Fsp3) is 0.333. The lowest BCUT2D eigenvalue weighted by atomic mass is 10.1. The van der Waals surface area contributed by atoms with Crippen molar-refractivity contribution in [3.8, 4) is 0 Å². The lowest BCUT2D eigenvalue weighted by molar-refractivity contribution is 0.253. The number of carbonyl (C=O) groups is 1. The van der Waals surface area contributed by atoms with Crippen molar-refractivity contribution in [3.63, 3.8) is 0 Å². The summed E-state index contributed by atoms with van der Waals surface area (Å²) in [6.45, 7) is 4.44. The van der Waals surface area contributed by atoms with Crippen LogP contribution in [0.2, 0.25) is 0 Å². The average molecular weight is 353 g/mol. The molecule has 1 atom stereocenters. The third-order valence-corrected chi connectivity index (χ3v) is 5.13. The van der Waals surface area contributed by atoms with Crippen molar-refractivity contribution >= 4 is 33.6 Å². The fourth-order valence-electron chi connectivity index (χ4n) is 1.97. The summed E-state index contributed by atoms with van der Waals surface area (Å²) in [5.41, 5.74) is 7.11. The maximum Gasteiger partial charge on any atom is 0.321 e. The van der Waals surface area contributed by atoms with Gasteiger partial charge in [0.05, 0.1) is 12.3 Å². The van der Waals surface area contributed by atoms with Crippen LogP contribution < -0.4 is 10.6 Å². The van der Waals surface area contributed by atoms with Gasteiger partial charge in [-0.3, -0.25) is 4.90 Å². The van der Waals surface area contributed by atoms with Crippen LogP contribution in [0.25, 0.3) is 0 Å². The minimum absolute atomic E-state index is 0.0873. The molecule has 1 heterocycles. The summed E-state index contributed by atoms with van der Waals surface area (Å²) < 4.78 is 19.7. The van der Waals surface area contributed by atoms with E-state index in [0.717, 1.165) is 16.0 Å². The molecule has 0 bridgehead atoms. The van der Waals surface area contributed by atoms with Gasteiger partial charge in [-0.15, -0.1) is 11.3 Å². The predicted octanol–water partition coefficient (Wildman–Crippen LogP) is 3.07. The number of benzene rings is 1. The zero-order valence-corrected chi connectivity index (χ0v) is 14.6. The Labute approximate surface area is 141 Å². The Bertz CT molecular complexity index is 698. The Kier molecular flexibility index (Phi) is 5.86. The highest BCUT2D eigenvalue weighted by atomic mass is 32.2. The van der Waals surface area contributed by atoms with Crippen LogP contribution in [0.3, 0.4) is 0 Å². The second-order valence-corrected chi connectivity index (χ2v) is 7.38. The fourth-order valence-corrected chi connectivity index (χ4v) is 3.37. The van der Waals surface area contributed by atoms with E-state index in [1.165, 1.54) is 16.2 Å². The molecule has 0 spiro atoms. The first-order chi connectivity index (χ1) is 10.9. The monoisotopic (exact) mass is 353 g/mol. The number of nitrogens with zero attached hydrogens (tertiary/aromatic N) is 2. The van der Waals surface area contributed by atoms with E-state index in [1.54, 1.807) is 18.3 Å². The van der Waals surface area contributed by atoms with Crippen LogP contribution in [0.1, 0.15) is 35.8 Å². The number of primary amides is 1. The summed E-state index contributed by atoms with van der Waals surface area (Å²) in [7, 11) is 0. The highest BCUT2D eigenvalue weighted by Crippen LogP contribution is 2.28. The van der Waals surface area contributed by atoms with Gasteiger partial charge in [-0.05, 0) is 17.0 Å². The molecule has 1 unspecified atom stereocenters. The topological polar surface area (TPSA) is 96.5 Å². The van der Waals surface area contributed by atoms with Crippen molar-refractivity contribution in [1.82, 2.24) is 4.98 Å². The SMILES string of the molecule is CC(C)c1cnc(N(Cc2ccc(CS(=O)O)cc2)C(N)=O)s1. The van der Waals surface area contributed by atoms with Crippen molar-refractivity contribution in [2.75, 3.05) is 4.90 Å². The smallest absolute Gasteiger partial charge is 0.321 e. The largest absolute Gasteiger partial charge is 0.351 e. The zero-order valence-electron chi connectivity index (χ0n) is 12.9. The number of aromatic nitrogens is 1. The predicted molar refractivity (Wildman–Crippen MR) is 92.9 cm³/mol. The summed E-state index contributed by atoms with van der Waals surface area (Å²) in [5, 5.41) is 0.571. The second kappa shape index (κ2) is 7.67. The molecule has 23 heavy (non-hydrogen) atoms. The number of hydrogen-bond donors (Lipinski definition) is 2. The number of carbonyl (C=O) groups excluding carboxylic acids is 1. The van der Waals surface area contributed by atoms with Crippen molar-refractivity contribution in [3.05, 3.63) is 46.5 Å². The van der Waals surface area contributed by atoms with E-state index < -0.39 is 17.1 Å². The Hall–Kier alpha value is -1.77. The summed E-state index contributed by atoms with van der Waals surface area (Å²) >= 11 is -0.417. The molecule has 0 saturated heterocycles. The molecule has 2 amide bonds. The molecule has 2 rings (SSSR count). The molecule has 0 saturated carbocycles. The van der Waals surface area contributed by atoms with Crippen molar-refractivity contribution in [2.24, 2.45) is 5.73 Å². The van der Waals surface area contributed by atoms with Crippen molar-refractivity contribution in [1.29, 1.82) is 0 Å². The molecule has 1 aromatic carbocycles. The number of thiazole rings is 1. The molecule has 8 heteroatoms. The van der Waals surface area contributed by atoms with E-state index in [0.29, 0.717) is 17.6 Å². The van der Waals surface area contributed by atoms with Gasteiger partial charge >= 0.3 is 6.03 Å². The standard InChI is InChI=1S/C15H19N3O3S2/c1-10(2)13-7-17-15(22-13)18(14(16)19)8-11-3-5-12(6-4-11)9-23(20)21/h3-7,10H,8-9H2,1-2H3,(H2,16,19)(H,20,21). The summed E-state index contributed by atoms with van der Waals surface area (Å²) in [4.78, 5) is 18.5. The van der Waals surface area contributed by atoms with Crippen LogP contribution in [-0.4, -0.2) is 19.8 Å². The van der Waals surface area contributed by atoms with Gasteiger partial charge in [-0.1, -0.05) is 38.1 Å². The first-order valence-corrected chi connectivity index (χ1v) is 9.14. The molecule has 0 aliphatic rings. The Morgan fingerprint density at radius 3 is 2.43 bits per heavy atom. The lowest BCUT2D eigenvalue weighted by Crippen LogP contribution is -2.35. The number of nitrogens with two attached hydrogens (primary N) is 1. The highest BCUT2D eigenvalue weighted by Gasteiger charge is 2.18. The molecule has 1 aromatic heterocycles. The first kappa shape index (κ1) is 17.6. The van der Waals surface area contributed by atoms with Crippen LogP contribution in [0, 0.1) is 0 Å². The molecule has 0 fully saturated rings. The molecule has 3 N–H and O–H groups in total. The van der Waals surface area contributed by atoms with E-state index in [1.807, 2.05) is 12.1 Å². The van der Waals surface area contributed by atoms with E-state index in [9.17, 15) is 9.00 Å². The van der Waals surface area contributed by atoms with Gasteiger partial charge in [-0.2, -0.15) is 0 Å². The third kappa shape index (κ3) is 4.85. The van der Waals surface area contributed by atoms with Gasteiger partial charge in [0.1, 0.15) is 0 Å². The van der Waals surface area contributed by atoms with Crippen LogP contribution in [0.15, 0.2) is 30.5 Å². The summed E-state index contributed by atoms with van der Waals surface area (Å²) in [6.07, 6.45) is 1.76. The Morgan fingerprint density at radius 1 is 1.35 bits per heavy atom. The molecular formula is C15H19N3O3S2. The average Bonchev–Trinajstić information content (AvgIpc) is 2.95. The Morgan fingerprint density at radius 2 is 1.96 bits per heavy atom. The van der Waals surface area contributed by atoms with Crippen LogP contribution >= 0.6 is 11.3 Å². The van der Waals surface area contributed by atoms with Crippen molar-refractivity contribution < 1.29 is 13.6 Å². The molecule has 0 radical (unpaired) electrons. The third-order valence-electron chi connectivity index (χ3n) is 3.23. The van der Waals surface area contributed by atoms with Gasteiger partial charge in [-0.25, -0.2) is 14.0 Å². The van der Waals surface area contributed by atoms with E-state index in [-0.39, 0.29) is 5.75 Å². The normalized spacial score (nSPS) is 12.3. The maximum atomic E-state index is 11.7. The highest BCUT2D eigenvalue weighted by molar-refractivity contribution is 7.78. The maximum absolute atomic E-state index is 11.7. The molecule has 124 valence electrons. The number of anilines is 1. The molecule has 6 nitrogen and oxygen atoms in total. The van der Waals surface area contributed by atoms with Gasteiger partial charge in [0.25, 0.3) is 0 Å². The van der Waals surface area contributed by atoms with Gasteiger partial charge < -0.3 is 10.3 Å². The Balaban J connectivity index is 2.15. The number of rotatable bonds is 6. The molecular weight excluding hydrogens is 334 g/mol. The number of urea groups is 1. The van der Waals surface area contributed by atoms with E-state index in [2.05, 4.69) is 18.8 Å². The second-order valence-electron chi connectivity index (χ2n) is 5.41. The van der Waals surface area contributed by atoms with E-state index >= 15 is 0 Å². The van der Waals surface area contributed by atoms with Crippen molar-refractivity contribution in [2.45, 2.75) is 32.1 Å². The molecule has 2 aromatic rings. The minimum Gasteiger partial charge on any atom is -0.351 e. The molecule has 0 aliphatic carbocycles.